The van der Waals surface area contributed by atoms with Crippen molar-refractivity contribution in [1.29, 1.82) is 0 Å². The lowest BCUT2D eigenvalue weighted by Gasteiger charge is -2.10. The van der Waals surface area contributed by atoms with E-state index in [1.54, 1.807) is 0 Å². The largest absolute Gasteiger partial charge is 0.399 e. The van der Waals surface area contributed by atoms with Gasteiger partial charge in [-0.05, 0) is 55.2 Å². The molecular weight excluding hydrogens is 268 g/mol. The monoisotopic (exact) mass is 292 g/mol. The Morgan fingerprint density at radius 1 is 1.40 bits per heavy atom. The second-order valence-electron chi connectivity index (χ2n) is 5.60. The smallest absolute Gasteiger partial charge is 0.225 e. The molecule has 4 heteroatoms. The van der Waals surface area contributed by atoms with Crippen molar-refractivity contribution >= 4 is 29.0 Å². The molecule has 1 fully saturated rings. The van der Waals surface area contributed by atoms with Gasteiger partial charge >= 0.3 is 0 Å². The van der Waals surface area contributed by atoms with Gasteiger partial charge in [-0.2, -0.15) is 11.8 Å². The second-order valence-corrected chi connectivity index (χ2v) is 6.75. The molecule has 0 radical (unpaired) electrons. The van der Waals surface area contributed by atoms with Gasteiger partial charge in [0.15, 0.2) is 0 Å². The van der Waals surface area contributed by atoms with Crippen LogP contribution in [0.2, 0.25) is 0 Å². The van der Waals surface area contributed by atoms with Crippen LogP contribution in [0.25, 0.3) is 0 Å². The summed E-state index contributed by atoms with van der Waals surface area (Å²) < 4.78 is 0. The molecule has 0 atom stereocenters. The summed E-state index contributed by atoms with van der Waals surface area (Å²) in [7, 11) is 0. The highest BCUT2D eigenvalue weighted by atomic mass is 32.2. The lowest BCUT2D eigenvalue weighted by molar-refractivity contribution is -0.115. The molecule has 2 rings (SSSR count). The van der Waals surface area contributed by atoms with E-state index in [0.29, 0.717) is 6.42 Å². The fourth-order valence-corrected chi connectivity index (χ4v) is 3.79. The van der Waals surface area contributed by atoms with Crippen molar-refractivity contribution in [2.24, 2.45) is 5.92 Å². The van der Waals surface area contributed by atoms with Crippen molar-refractivity contribution in [1.82, 2.24) is 0 Å². The third kappa shape index (κ3) is 4.75. The zero-order chi connectivity index (χ0) is 14.4. The molecule has 1 aliphatic carbocycles. The first kappa shape index (κ1) is 15.2. The number of carbonyl (C=O) groups excluding carboxylic acids is 1. The first-order valence-corrected chi connectivity index (χ1v) is 8.54. The predicted molar refractivity (Wildman–Crippen MR) is 88.1 cm³/mol. The Morgan fingerprint density at radius 3 is 2.85 bits per heavy atom. The van der Waals surface area contributed by atoms with Crippen molar-refractivity contribution < 1.29 is 4.79 Å². The summed E-state index contributed by atoms with van der Waals surface area (Å²) in [6.45, 7) is 1.96. The Hall–Kier alpha value is -1.16. The van der Waals surface area contributed by atoms with E-state index in [1.807, 2.05) is 36.9 Å². The standard InChI is InChI=1S/C16H24N2OS/c1-12-10-14(17)6-7-15(12)18-16(19)8-9-20-11-13-4-2-3-5-13/h6-7,10,13H,2-5,8-9,11,17H2,1H3,(H,18,19). The Morgan fingerprint density at radius 2 is 2.15 bits per heavy atom. The molecule has 1 aliphatic rings. The fraction of sp³-hybridized carbons (Fsp3) is 0.562. The van der Waals surface area contributed by atoms with Crippen LogP contribution in [0.3, 0.4) is 0 Å². The van der Waals surface area contributed by atoms with Crippen LogP contribution in [-0.2, 0) is 4.79 Å². The van der Waals surface area contributed by atoms with Crippen LogP contribution in [0.15, 0.2) is 18.2 Å². The molecule has 3 nitrogen and oxygen atoms in total. The normalized spacial score (nSPS) is 15.4. The summed E-state index contributed by atoms with van der Waals surface area (Å²) in [5.41, 5.74) is 8.31. The van der Waals surface area contributed by atoms with Crippen molar-refractivity contribution in [2.45, 2.75) is 39.0 Å². The minimum atomic E-state index is 0.0943. The molecule has 0 heterocycles. The molecule has 110 valence electrons. The van der Waals surface area contributed by atoms with Gasteiger partial charge in [0.05, 0.1) is 0 Å². The van der Waals surface area contributed by atoms with Gasteiger partial charge in [-0.25, -0.2) is 0 Å². The minimum absolute atomic E-state index is 0.0943. The molecule has 1 amide bonds. The number of anilines is 2. The molecule has 0 unspecified atom stereocenters. The van der Waals surface area contributed by atoms with Crippen LogP contribution in [-0.4, -0.2) is 17.4 Å². The van der Waals surface area contributed by atoms with Crippen molar-refractivity contribution in [3.8, 4) is 0 Å². The van der Waals surface area contributed by atoms with Gasteiger partial charge in [-0.15, -0.1) is 0 Å². The quantitative estimate of drug-likeness (QED) is 0.619. The molecule has 0 spiro atoms. The highest BCUT2D eigenvalue weighted by Gasteiger charge is 2.14. The molecule has 0 bridgehead atoms. The van der Waals surface area contributed by atoms with Gasteiger partial charge in [0.2, 0.25) is 5.91 Å². The lowest BCUT2D eigenvalue weighted by atomic mass is 10.1. The van der Waals surface area contributed by atoms with Gasteiger partial charge in [0, 0.05) is 23.5 Å². The first-order valence-electron chi connectivity index (χ1n) is 7.39. The van der Waals surface area contributed by atoms with Crippen LogP contribution in [0.5, 0.6) is 0 Å². The molecular formula is C16H24N2OS. The molecule has 3 N–H and O–H groups in total. The van der Waals surface area contributed by atoms with Gasteiger partial charge in [-0.1, -0.05) is 12.8 Å². The Labute approximate surface area is 125 Å². The third-order valence-corrected chi connectivity index (χ3v) is 5.03. The maximum Gasteiger partial charge on any atom is 0.225 e. The fourth-order valence-electron chi connectivity index (χ4n) is 2.63. The zero-order valence-corrected chi connectivity index (χ0v) is 13.0. The number of hydrogen-bond donors (Lipinski definition) is 2. The van der Waals surface area contributed by atoms with Crippen molar-refractivity contribution in [2.75, 3.05) is 22.6 Å². The minimum Gasteiger partial charge on any atom is -0.399 e. The highest BCUT2D eigenvalue weighted by molar-refractivity contribution is 7.99. The predicted octanol–water partition coefficient (Wildman–Crippen LogP) is 3.83. The molecule has 1 aromatic carbocycles. The number of carbonyl (C=O) groups is 1. The summed E-state index contributed by atoms with van der Waals surface area (Å²) >= 11 is 1.92. The van der Waals surface area contributed by atoms with E-state index >= 15 is 0 Å². The van der Waals surface area contributed by atoms with Gasteiger partial charge in [0.25, 0.3) is 0 Å². The summed E-state index contributed by atoms with van der Waals surface area (Å²) in [5, 5.41) is 2.96. The molecule has 1 aromatic rings. The molecule has 0 saturated heterocycles. The number of amides is 1. The third-order valence-electron chi connectivity index (χ3n) is 3.83. The van der Waals surface area contributed by atoms with Crippen LogP contribution in [0.1, 0.15) is 37.7 Å². The van der Waals surface area contributed by atoms with Crippen LogP contribution >= 0.6 is 11.8 Å². The van der Waals surface area contributed by atoms with Crippen molar-refractivity contribution in [3.05, 3.63) is 23.8 Å². The molecule has 20 heavy (non-hydrogen) atoms. The number of rotatable bonds is 6. The average Bonchev–Trinajstić information content (AvgIpc) is 2.91. The molecule has 0 aliphatic heterocycles. The lowest BCUT2D eigenvalue weighted by Crippen LogP contribution is -2.13. The van der Waals surface area contributed by atoms with E-state index in [2.05, 4.69) is 5.32 Å². The molecule has 0 aromatic heterocycles. The Balaban J connectivity index is 1.67. The van der Waals surface area contributed by atoms with Gasteiger partial charge < -0.3 is 11.1 Å². The summed E-state index contributed by atoms with van der Waals surface area (Å²) in [4.78, 5) is 11.9. The maximum absolute atomic E-state index is 11.9. The number of nitrogen functional groups attached to an aromatic ring is 1. The van der Waals surface area contributed by atoms with E-state index in [-0.39, 0.29) is 5.91 Å². The summed E-state index contributed by atoms with van der Waals surface area (Å²) in [5.74, 6) is 3.11. The number of hydrogen-bond acceptors (Lipinski definition) is 3. The van der Waals surface area contributed by atoms with E-state index < -0.39 is 0 Å². The summed E-state index contributed by atoms with van der Waals surface area (Å²) in [6, 6.07) is 5.57. The first-order chi connectivity index (χ1) is 9.65. The number of nitrogens with two attached hydrogens (primary N) is 1. The Bertz CT molecular complexity index is 456. The van der Waals surface area contributed by atoms with Crippen LogP contribution in [0, 0.1) is 12.8 Å². The van der Waals surface area contributed by atoms with Gasteiger partial charge in [-0.3, -0.25) is 4.79 Å². The van der Waals surface area contributed by atoms with Gasteiger partial charge in [0.1, 0.15) is 0 Å². The van der Waals surface area contributed by atoms with Crippen LogP contribution in [0.4, 0.5) is 11.4 Å². The number of nitrogens with one attached hydrogen (secondary N) is 1. The van der Waals surface area contributed by atoms with Crippen LogP contribution < -0.4 is 11.1 Å². The zero-order valence-electron chi connectivity index (χ0n) is 12.2. The van der Waals surface area contributed by atoms with E-state index in [4.69, 9.17) is 5.73 Å². The SMILES string of the molecule is Cc1cc(N)ccc1NC(=O)CCSCC1CCCC1. The average molecular weight is 292 g/mol. The number of aryl methyl sites for hydroxylation is 1. The highest BCUT2D eigenvalue weighted by Crippen LogP contribution is 2.28. The summed E-state index contributed by atoms with van der Waals surface area (Å²) in [6.07, 6.45) is 6.12. The van der Waals surface area contributed by atoms with E-state index in [0.717, 1.165) is 28.6 Å². The Kier molecular flexibility index (Phi) is 5.77. The second kappa shape index (κ2) is 7.58. The number of benzene rings is 1. The van der Waals surface area contributed by atoms with E-state index in [9.17, 15) is 4.79 Å². The number of thioether (sulfide) groups is 1. The molecule has 1 saturated carbocycles. The van der Waals surface area contributed by atoms with E-state index in [1.165, 1.54) is 31.4 Å². The van der Waals surface area contributed by atoms with Crippen molar-refractivity contribution in [3.63, 3.8) is 0 Å². The maximum atomic E-state index is 11.9. The topological polar surface area (TPSA) is 55.1 Å².